The summed E-state index contributed by atoms with van der Waals surface area (Å²) >= 11 is 0. The minimum atomic E-state index is 0.431. The highest BCUT2D eigenvalue weighted by atomic mass is 14.8. The van der Waals surface area contributed by atoms with E-state index < -0.39 is 0 Å². The molecule has 1 atom stereocenters. The molecule has 1 heteroatoms. The Labute approximate surface area is 73.1 Å². The van der Waals surface area contributed by atoms with Crippen molar-refractivity contribution >= 4 is 6.21 Å². The van der Waals surface area contributed by atoms with Crippen molar-refractivity contribution in [2.24, 2.45) is 4.99 Å². The van der Waals surface area contributed by atoms with E-state index in [0.717, 1.165) is 6.42 Å². The van der Waals surface area contributed by atoms with Crippen LogP contribution in [0.2, 0.25) is 0 Å². The third-order valence-electron chi connectivity index (χ3n) is 2.28. The fourth-order valence-electron chi connectivity index (χ4n) is 1.61. The average Bonchev–Trinajstić information content (AvgIpc) is 2.21. The van der Waals surface area contributed by atoms with Gasteiger partial charge in [0.05, 0.1) is 6.04 Å². The van der Waals surface area contributed by atoms with Crippen molar-refractivity contribution in [3.05, 3.63) is 35.9 Å². The Morgan fingerprint density at radius 1 is 1.17 bits per heavy atom. The largest absolute Gasteiger partial charge is 0.289 e. The van der Waals surface area contributed by atoms with Crippen molar-refractivity contribution in [1.82, 2.24) is 0 Å². The van der Waals surface area contributed by atoms with Gasteiger partial charge < -0.3 is 0 Å². The SMILES string of the molecule is C1=NC(c2ccccc2)CCC1. The molecule has 1 aliphatic rings. The molecule has 0 spiro atoms. The zero-order valence-corrected chi connectivity index (χ0v) is 7.11. The van der Waals surface area contributed by atoms with E-state index >= 15 is 0 Å². The monoisotopic (exact) mass is 159 g/mol. The highest BCUT2D eigenvalue weighted by molar-refractivity contribution is 5.58. The van der Waals surface area contributed by atoms with Crippen LogP contribution in [0.4, 0.5) is 0 Å². The zero-order valence-electron chi connectivity index (χ0n) is 7.11. The molecular formula is C11H13N. The van der Waals surface area contributed by atoms with Crippen molar-refractivity contribution in [2.45, 2.75) is 25.3 Å². The molecule has 1 unspecified atom stereocenters. The Morgan fingerprint density at radius 2 is 2.00 bits per heavy atom. The predicted molar refractivity (Wildman–Crippen MR) is 51.5 cm³/mol. The average molecular weight is 159 g/mol. The van der Waals surface area contributed by atoms with Crippen molar-refractivity contribution in [3.63, 3.8) is 0 Å². The van der Waals surface area contributed by atoms with Crippen LogP contribution >= 0.6 is 0 Å². The molecule has 0 radical (unpaired) electrons. The van der Waals surface area contributed by atoms with Gasteiger partial charge in [0.1, 0.15) is 0 Å². The Kier molecular flexibility index (Phi) is 2.21. The maximum atomic E-state index is 4.47. The summed E-state index contributed by atoms with van der Waals surface area (Å²) in [6.07, 6.45) is 5.70. The molecule has 0 fully saturated rings. The van der Waals surface area contributed by atoms with E-state index in [1.54, 1.807) is 0 Å². The first kappa shape index (κ1) is 7.53. The summed E-state index contributed by atoms with van der Waals surface area (Å²) in [6, 6.07) is 11.0. The molecule has 1 heterocycles. The lowest BCUT2D eigenvalue weighted by atomic mass is 10.00. The van der Waals surface area contributed by atoms with Gasteiger partial charge in [0, 0.05) is 0 Å². The maximum absolute atomic E-state index is 4.47. The lowest BCUT2D eigenvalue weighted by Crippen LogP contribution is -2.00. The van der Waals surface area contributed by atoms with Crippen LogP contribution in [-0.2, 0) is 0 Å². The topological polar surface area (TPSA) is 12.4 Å². The molecule has 0 amide bonds. The molecule has 0 bridgehead atoms. The van der Waals surface area contributed by atoms with Crippen molar-refractivity contribution < 1.29 is 0 Å². The van der Waals surface area contributed by atoms with E-state index in [4.69, 9.17) is 0 Å². The van der Waals surface area contributed by atoms with Crippen LogP contribution < -0.4 is 0 Å². The lowest BCUT2D eigenvalue weighted by molar-refractivity contribution is 0.604. The van der Waals surface area contributed by atoms with Crippen LogP contribution in [-0.4, -0.2) is 6.21 Å². The molecule has 62 valence electrons. The van der Waals surface area contributed by atoms with Crippen LogP contribution in [0.15, 0.2) is 35.3 Å². The molecule has 0 N–H and O–H groups in total. The van der Waals surface area contributed by atoms with Gasteiger partial charge >= 0.3 is 0 Å². The minimum Gasteiger partial charge on any atom is -0.289 e. The Morgan fingerprint density at radius 3 is 2.67 bits per heavy atom. The van der Waals surface area contributed by atoms with Gasteiger partial charge in [-0.25, -0.2) is 0 Å². The number of rotatable bonds is 1. The van der Waals surface area contributed by atoms with Crippen molar-refractivity contribution in [2.75, 3.05) is 0 Å². The third-order valence-corrected chi connectivity index (χ3v) is 2.28. The summed E-state index contributed by atoms with van der Waals surface area (Å²) in [4.78, 5) is 4.47. The van der Waals surface area contributed by atoms with Gasteiger partial charge in [0.2, 0.25) is 0 Å². The normalized spacial score (nSPS) is 22.5. The van der Waals surface area contributed by atoms with E-state index in [-0.39, 0.29) is 0 Å². The second-order valence-corrected chi connectivity index (χ2v) is 3.19. The lowest BCUT2D eigenvalue weighted by Gasteiger charge is -2.15. The molecule has 12 heavy (non-hydrogen) atoms. The summed E-state index contributed by atoms with van der Waals surface area (Å²) in [5.41, 5.74) is 1.36. The number of hydrogen-bond acceptors (Lipinski definition) is 1. The van der Waals surface area contributed by atoms with Gasteiger partial charge in [0.15, 0.2) is 0 Å². The fourth-order valence-corrected chi connectivity index (χ4v) is 1.61. The first-order chi connectivity index (χ1) is 5.97. The van der Waals surface area contributed by atoms with E-state index in [9.17, 15) is 0 Å². The van der Waals surface area contributed by atoms with E-state index in [1.807, 2.05) is 0 Å². The second kappa shape index (κ2) is 3.53. The van der Waals surface area contributed by atoms with Crippen molar-refractivity contribution in [3.8, 4) is 0 Å². The smallest absolute Gasteiger partial charge is 0.0745 e. The van der Waals surface area contributed by atoms with Gasteiger partial charge in [-0.05, 0) is 31.0 Å². The third kappa shape index (κ3) is 1.55. The maximum Gasteiger partial charge on any atom is 0.0745 e. The van der Waals surface area contributed by atoms with Gasteiger partial charge in [0.25, 0.3) is 0 Å². The van der Waals surface area contributed by atoms with Gasteiger partial charge in [-0.3, -0.25) is 4.99 Å². The molecule has 1 aromatic carbocycles. The van der Waals surface area contributed by atoms with Crippen LogP contribution in [0.1, 0.15) is 30.9 Å². The highest BCUT2D eigenvalue weighted by Gasteiger charge is 2.10. The number of nitrogens with zero attached hydrogens (tertiary/aromatic N) is 1. The predicted octanol–water partition coefficient (Wildman–Crippen LogP) is 2.98. The molecule has 1 aliphatic heterocycles. The van der Waals surface area contributed by atoms with E-state index in [2.05, 4.69) is 41.5 Å². The molecule has 0 aliphatic carbocycles. The zero-order chi connectivity index (χ0) is 8.23. The quantitative estimate of drug-likeness (QED) is 0.597. The Bertz CT molecular complexity index is 264. The standard InChI is InChI=1S/C11H13N/c1-2-6-10(7-3-1)11-8-4-5-9-12-11/h1-3,6-7,9,11H,4-5,8H2. The summed E-state index contributed by atoms with van der Waals surface area (Å²) in [7, 11) is 0. The van der Waals surface area contributed by atoms with Crippen molar-refractivity contribution in [1.29, 1.82) is 0 Å². The van der Waals surface area contributed by atoms with Crippen LogP contribution in [0, 0.1) is 0 Å². The number of benzene rings is 1. The molecule has 1 aromatic rings. The summed E-state index contributed by atoms with van der Waals surface area (Å²) in [5.74, 6) is 0. The summed E-state index contributed by atoms with van der Waals surface area (Å²) in [6.45, 7) is 0. The van der Waals surface area contributed by atoms with Crippen LogP contribution in [0.25, 0.3) is 0 Å². The minimum absolute atomic E-state index is 0.431. The molecule has 1 nitrogen and oxygen atoms in total. The Hall–Kier alpha value is -1.11. The first-order valence-electron chi connectivity index (χ1n) is 4.53. The van der Waals surface area contributed by atoms with Gasteiger partial charge in [-0.15, -0.1) is 0 Å². The molecule has 2 rings (SSSR count). The number of hydrogen-bond donors (Lipinski definition) is 0. The summed E-state index contributed by atoms with van der Waals surface area (Å²) < 4.78 is 0. The fraction of sp³-hybridized carbons (Fsp3) is 0.364. The van der Waals surface area contributed by atoms with Crippen LogP contribution in [0.5, 0.6) is 0 Å². The number of aliphatic imine (C=N–C) groups is 1. The van der Waals surface area contributed by atoms with E-state index in [1.165, 1.54) is 18.4 Å². The first-order valence-corrected chi connectivity index (χ1v) is 4.53. The molecule has 0 saturated carbocycles. The van der Waals surface area contributed by atoms with E-state index in [0.29, 0.717) is 6.04 Å². The highest BCUT2D eigenvalue weighted by Crippen LogP contribution is 2.25. The molecule has 0 aromatic heterocycles. The second-order valence-electron chi connectivity index (χ2n) is 3.19. The van der Waals surface area contributed by atoms with Gasteiger partial charge in [-0.1, -0.05) is 30.3 Å². The molecular weight excluding hydrogens is 146 g/mol. The van der Waals surface area contributed by atoms with Gasteiger partial charge in [-0.2, -0.15) is 0 Å². The Balaban J connectivity index is 2.19. The summed E-state index contributed by atoms with van der Waals surface area (Å²) in [5, 5.41) is 0. The van der Waals surface area contributed by atoms with Crippen LogP contribution in [0.3, 0.4) is 0 Å². The molecule has 0 saturated heterocycles.